The largest absolute Gasteiger partial charge is 0.337 e. The summed E-state index contributed by atoms with van der Waals surface area (Å²) in [6.45, 7) is 3.81. The first-order chi connectivity index (χ1) is 19.2. The molecule has 2 aromatic carbocycles. The van der Waals surface area contributed by atoms with Crippen molar-refractivity contribution in [3.05, 3.63) is 102 Å². The molecule has 194 valence electrons. The third kappa shape index (κ3) is 4.68. The molecule has 5 aromatic rings. The van der Waals surface area contributed by atoms with Crippen LogP contribution < -0.4 is 5.43 Å². The lowest BCUT2D eigenvalue weighted by molar-refractivity contribution is 0.220. The summed E-state index contributed by atoms with van der Waals surface area (Å²) >= 11 is 0. The number of para-hydroxylation sites is 1. The van der Waals surface area contributed by atoms with Crippen molar-refractivity contribution >= 4 is 16.7 Å². The number of halogens is 1. The Kier molecular flexibility index (Phi) is 6.09. The first-order valence-corrected chi connectivity index (χ1v) is 13.4. The Labute approximate surface area is 225 Å². The number of pyridine rings is 2. The van der Waals surface area contributed by atoms with E-state index in [1.165, 1.54) is 37.0 Å². The molecule has 7 nitrogen and oxygen atoms in total. The van der Waals surface area contributed by atoms with Crippen LogP contribution in [0.3, 0.4) is 0 Å². The second-order valence-corrected chi connectivity index (χ2v) is 10.2. The zero-order chi connectivity index (χ0) is 26.2. The summed E-state index contributed by atoms with van der Waals surface area (Å²) in [7, 11) is 0. The van der Waals surface area contributed by atoms with Crippen LogP contribution >= 0.6 is 0 Å². The second-order valence-electron chi connectivity index (χ2n) is 10.2. The van der Waals surface area contributed by atoms with E-state index in [1.807, 2.05) is 36.8 Å². The average Bonchev–Trinajstić information content (AvgIpc) is 3.42. The van der Waals surface area contributed by atoms with Gasteiger partial charge in [0.15, 0.2) is 5.82 Å². The third-order valence-electron chi connectivity index (χ3n) is 7.54. The molecular weight excluding hydrogens is 489 g/mol. The Morgan fingerprint density at radius 3 is 2.62 bits per heavy atom. The molecule has 0 aliphatic carbocycles. The van der Waals surface area contributed by atoms with E-state index in [9.17, 15) is 4.39 Å². The summed E-state index contributed by atoms with van der Waals surface area (Å²) in [5, 5.41) is 4.65. The van der Waals surface area contributed by atoms with Gasteiger partial charge in [-0.2, -0.15) is 5.10 Å². The Morgan fingerprint density at radius 1 is 0.872 bits per heavy atom. The third-order valence-corrected chi connectivity index (χ3v) is 7.54. The van der Waals surface area contributed by atoms with Gasteiger partial charge in [0.05, 0.1) is 23.3 Å². The molecule has 0 unspecified atom stereocenters. The van der Waals surface area contributed by atoms with Gasteiger partial charge in [-0.1, -0.05) is 30.7 Å². The lowest BCUT2D eigenvalue weighted by Gasteiger charge is -2.26. The van der Waals surface area contributed by atoms with Gasteiger partial charge in [-0.25, -0.2) is 9.37 Å². The minimum atomic E-state index is -0.260. The van der Waals surface area contributed by atoms with E-state index >= 15 is 0 Å². The van der Waals surface area contributed by atoms with Crippen molar-refractivity contribution in [2.24, 2.45) is 5.10 Å². The molecule has 0 spiro atoms. The molecule has 1 fully saturated rings. The maximum atomic E-state index is 13.5. The molecule has 5 heterocycles. The number of hydrogen-bond donors (Lipinski definition) is 2. The zero-order valence-corrected chi connectivity index (χ0v) is 21.5. The predicted octanol–water partition coefficient (Wildman–Crippen LogP) is 5.67. The molecule has 39 heavy (non-hydrogen) atoms. The van der Waals surface area contributed by atoms with Gasteiger partial charge >= 0.3 is 0 Å². The van der Waals surface area contributed by atoms with Crippen molar-refractivity contribution in [1.82, 2.24) is 30.3 Å². The number of nitrogens with zero attached hydrogens (tertiary/aromatic N) is 5. The van der Waals surface area contributed by atoms with Crippen LogP contribution in [0.25, 0.3) is 33.4 Å². The zero-order valence-electron chi connectivity index (χ0n) is 21.5. The summed E-state index contributed by atoms with van der Waals surface area (Å²) in [5.74, 6) is 0.409. The number of rotatable bonds is 5. The number of H-pyrrole nitrogens is 1. The minimum absolute atomic E-state index is 0.260. The number of imidazole rings is 1. The van der Waals surface area contributed by atoms with E-state index in [1.54, 1.807) is 12.1 Å². The number of fused-ring (bicyclic) bond motifs is 2. The molecule has 0 atom stereocenters. The number of benzene rings is 2. The lowest BCUT2D eigenvalue weighted by atomic mass is 10.00. The van der Waals surface area contributed by atoms with E-state index in [4.69, 9.17) is 9.97 Å². The normalized spacial score (nSPS) is 15.6. The molecule has 0 radical (unpaired) electrons. The molecule has 2 aliphatic rings. The Balaban J connectivity index is 1.23. The van der Waals surface area contributed by atoms with E-state index in [0.29, 0.717) is 12.4 Å². The van der Waals surface area contributed by atoms with Gasteiger partial charge in [0, 0.05) is 47.4 Å². The van der Waals surface area contributed by atoms with Gasteiger partial charge in [-0.15, -0.1) is 0 Å². The van der Waals surface area contributed by atoms with E-state index in [-0.39, 0.29) is 5.82 Å². The summed E-state index contributed by atoms with van der Waals surface area (Å²) < 4.78 is 13.5. The minimum Gasteiger partial charge on any atom is -0.337 e. The van der Waals surface area contributed by atoms with Crippen molar-refractivity contribution < 1.29 is 4.39 Å². The standard InChI is InChI=1S/C31H28FN7/c32-24-9-7-21(8-10-24)25-5-4-6-27-29(25)37-31(36-27)30-26-14-28(34-17-23(26)18-35-38-30)22-13-20(15-33-16-22)19-39-11-2-1-3-12-39/h4-10,13-17,35H,1-3,11-12,18-19H2,(H,36,37). The molecule has 0 amide bonds. The maximum Gasteiger partial charge on any atom is 0.159 e. The predicted molar refractivity (Wildman–Crippen MR) is 151 cm³/mol. The van der Waals surface area contributed by atoms with Gasteiger partial charge in [-0.05, 0) is 67.4 Å². The first-order valence-electron chi connectivity index (χ1n) is 13.4. The molecule has 0 bridgehead atoms. The van der Waals surface area contributed by atoms with Crippen LogP contribution in [0.5, 0.6) is 0 Å². The SMILES string of the molecule is Fc1ccc(-c2cccc3[nH]c(C4=NNCc5cnc(-c6cncc(CN7CCCCC7)c6)cc54)nc23)cc1. The summed E-state index contributed by atoms with van der Waals surface area (Å²) in [4.78, 5) is 20.2. The molecule has 3 aromatic heterocycles. The highest BCUT2D eigenvalue weighted by Crippen LogP contribution is 2.30. The number of nitrogens with one attached hydrogen (secondary N) is 2. The van der Waals surface area contributed by atoms with Crippen molar-refractivity contribution in [3.8, 4) is 22.4 Å². The highest BCUT2D eigenvalue weighted by molar-refractivity contribution is 6.13. The topological polar surface area (TPSA) is 82.1 Å². The Hall–Kier alpha value is -4.43. The number of hydrogen-bond acceptors (Lipinski definition) is 6. The van der Waals surface area contributed by atoms with Crippen LogP contribution in [0.15, 0.2) is 78.3 Å². The number of hydrazone groups is 1. The van der Waals surface area contributed by atoms with E-state index < -0.39 is 0 Å². The van der Waals surface area contributed by atoms with Gasteiger partial charge < -0.3 is 10.4 Å². The van der Waals surface area contributed by atoms with Crippen molar-refractivity contribution in [3.63, 3.8) is 0 Å². The summed E-state index contributed by atoms with van der Waals surface area (Å²) in [5.41, 5.74) is 12.5. The summed E-state index contributed by atoms with van der Waals surface area (Å²) in [6, 6.07) is 16.8. The van der Waals surface area contributed by atoms with Crippen LogP contribution in [-0.4, -0.2) is 43.6 Å². The van der Waals surface area contributed by atoms with Gasteiger partial charge in [0.25, 0.3) is 0 Å². The molecule has 2 N–H and O–H groups in total. The highest BCUT2D eigenvalue weighted by Gasteiger charge is 2.22. The van der Waals surface area contributed by atoms with Crippen LogP contribution in [0.2, 0.25) is 0 Å². The quantitative estimate of drug-likeness (QED) is 0.314. The Morgan fingerprint density at radius 2 is 1.74 bits per heavy atom. The Bertz CT molecular complexity index is 1680. The smallest absolute Gasteiger partial charge is 0.159 e. The molecule has 0 saturated carbocycles. The first kappa shape index (κ1) is 23.7. The number of piperidine rings is 1. The molecule has 1 saturated heterocycles. The monoisotopic (exact) mass is 517 g/mol. The summed E-state index contributed by atoms with van der Waals surface area (Å²) in [6.07, 6.45) is 9.61. The average molecular weight is 518 g/mol. The van der Waals surface area contributed by atoms with E-state index in [2.05, 4.69) is 37.5 Å². The second kappa shape index (κ2) is 10.0. The van der Waals surface area contributed by atoms with Crippen molar-refractivity contribution in [1.29, 1.82) is 0 Å². The van der Waals surface area contributed by atoms with Gasteiger partial charge in [0.1, 0.15) is 11.5 Å². The lowest BCUT2D eigenvalue weighted by Crippen LogP contribution is -2.29. The molecule has 8 heteroatoms. The molecule has 2 aliphatic heterocycles. The van der Waals surface area contributed by atoms with Crippen LogP contribution in [0, 0.1) is 5.82 Å². The molecule has 7 rings (SSSR count). The van der Waals surface area contributed by atoms with Crippen LogP contribution in [0.1, 0.15) is 41.8 Å². The fourth-order valence-electron chi connectivity index (χ4n) is 5.54. The van der Waals surface area contributed by atoms with Crippen LogP contribution in [0.4, 0.5) is 4.39 Å². The van der Waals surface area contributed by atoms with Crippen molar-refractivity contribution in [2.45, 2.75) is 32.4 Å². The fraction of sp³-hybridized carbons (Fsp3) is 0.226. The van der Waals surface area contributed by atoms with Crippen molar-refractivity contribution in [2.75, 3.05) is 13.1 Å². The molecular formula is C31H28FN7. The fourth-order valence-corrected chi connectivity index (χ4v) is 5.54. The van der Waals surface area contributed by atoms with Gasteiger partial charge in [0.2, 0.25) is 0 Å². The van der Waals surface area contributed by atoms with Crippen LogP contribution in [-0.2, 0) is 13.1 Å². The number of aromatic amines is 1. The maximum absolute atomic E-state index is 13.5. The highest BCUT2D eigenvalue weighted by atomic mass is 19.1. The van der Waals surface area contributed by atoms with Gasteiger partial charge in [-0.3, -0.25) is 14.9 Å². The van der Waals surface area contributed by atoms with E-state index in [0.717, 1.165) is 69.9 Å². The number of likely N-dealkylation sites (tertiary alicyclic amines) is 1. The number of aromatic nitrogens is 4.